The molecule has 0 bridgehead atoms. The molecule has 37 heavy (non-hydrogen) atoms. The Morgan fingerprint density at radius 3 is 2.65 bits per heavy atom. The molecule has 2 heterocycles. The molecule has 3 aromatic rings. The lowest BCUT2D eigenvalue weighted by molar-refractivity contribution is -0.384. The summed E-state index contributed by atoms with van der Waals surface area (Å²) in [6, 6.07) is 11.7. The SMILES string of the molecule is CCOc1cc(/C=C2\C(=O)NC(=O)N(Cc3ccco3)C2=O)cc(Br)c1OCc1cccc([N+](=O)[O-])c1. The molecule has 1 aromatic heterocycles. The van der Waals surface area contributed by atoms with Crippen molar-refractivity contribution in [3.05, 3.63) is 91.8 Å². The number of hydrogen-bond acceptors (Lipinski definition) is 8. The zero-order valence-corrected chi connectivity index (χ0v) is 21.0. The van der Waals surface area contributed by atoms with E-state index < -0.39 is 22.8 Å². The molecule has 4 rings (SSSR count). The van der Waals surface area contributed by atoms with Gasteiger partial charge in [0, 0.05) is 12.1 Å². The highest BCUT2D eigenvalue weighted by Gasteiger charge is 2.36. The van der Waals surface area contributed by atoms with Crippen LogP contribution in [-0.2, 0) is 22.7 Å². The number of nitro benzene ring substituents is 1. The fourth-order valence-corrected chi connectivity index (χ4v) is 4.13. The highest BCUT2D eigenvalue weighted by atomic mass is 79.9. The summed E-state index contributed by atoms with van der Waals surface area (Å²) >= 11 is 3.43. The van der Waals surface area contributed by atoms with Crippen LogP contribution in [-0.4, -0.2) is 34.3 Å². The van der Waals surface area contributed by atoms with Crippen molar-refractivity contribution in [3.63, 3.8) is 0 Å². The molecule has 1 aliphatic heterocycles. The number of urea groups is 1. The zero-order chi connectivity index (χ0) is 26.5. The third kappa shape index (κ3) is 5.86. The van der Waals surface area contributed by atoms with Gasteiger partial charge in [0.25, 0.3) is 17.5 Å². The first-order valence-electron chi connectivity index (χ1n) is 11.0. The summed E-state index contributed by atoms with van der Waals surface area (Å²) < 4.78 is 17.3. The Balaban J connectivity index is 1.61. The van der Waals surface area contributed by atoms with Crippen LogP contribution in [0.15, 0.2) is 69.3 Å². The van der Waals surface area contributed by atoms with Gasteiger partial charge in [-0.1, -0.05) is 12.1 Å². The van der Waals surface area contributed by atoms with Crippen LogP contribution < -0.4 is 14.8 Å². The van der Waals surface area contributed by atoms with E-state index >= 15 is 0 Å². The number of benzene rings is 2. The van der Waals surface area contributed by atoms with Crippen molar-refractivity contribution >= 4 is 45.5 Å². The minimum Gasteiger partial charge on any atom is -0.490 e. The van der Waals surface area contributed by atoms with Gasteiger partial charge in [-0.25, -0.2) is 4.79 Å². The van der Waals surface area contributed by atoms with Gasteiger partial charge in [0.1, 0.15) is 17.9 Å². The summed E-state index contributed by atoms with van der Waals surface area (Å²) in [4.78, 5) is 49.1. The van der Waals surface area contributed by atoms with Gasteiger partial charge in [0.15, 0.2) is 11.5 Å². The number of nitrogens with zero attached hydrogens (tertiary/aromatic N) is 2. The Morgan fingerprint density at radius 2 is 1.95 bits per heavy atom. The highest BCUT2D eigenvalue weighted by Crippen LogP contribution is 2.38. The number of rotatable bonds is 9. The van der Waals surface area contributed by atoms with Crippen LogP contribution in [0.4, 0.5) is 10.5 Å². The summed E-state index contributed by atoms with van der Waals surface area (Å²) in [5, 5.41) is 13.2. The van der Waals surface area contributed by atoms with Crippen molar-refractivity contribution in [2.45, 2.75) is 20.1 Å². The first-order chi connectivity index (χ1) is 17.8. The second-order valence-corrected chi connectivity index (χ2v) is 8.62. The molecule has 1 fully saturated rings. The first-order valence-corrected chi connectivity index (χ1v) is 11.8. The summed E-state index contributed by atoms with van der Waals surface area (Å²) in [7, 11) is 0. The van der Waals surface area contributed by atoms with Crippen LogP contribution >= 0.6 is 15.9 Å². The molecular formula is C25H20BrN3O8. The van der Waals surface area contributed by atoms with E-state index in [0.29, 0.717) is 39.5 Å². The van der Waals surface area contributed by atoms with Crippen molar-refractivity contribution in [2.24, 2.45) is 0 Å². The van der Waals surface area contributed by atoms with Gasteiger partial charge in [-0.3, -0.25) is 29.9 Å². The van der Waals surface area contributed by atoms with Crippen LogP contribution in [0.3, 0.4) is 0 Å². The molecule has 1 aliphatic rings. The van der Waals surface area contributed by atoms with Crippen LogP contribution in [0.25, 0.3) is 6.08 Å². The van der Waals surface area contributed by atoms with Gasteiger partial charge in [-0.2, -0.15) is 0 Å². The minimum absolute atomic E-state index is 0.0333. The standard InChI is InChI=1S/C25H20BrN3O8/c1-2-35-21-12-16(11-20(26)22(21)37-14-15-5-3-6-17(9-15)29(33)34)10-19-23(30)27-25(32)28(24(19)31)13-18-7-4-8-36-18/h3-12H,2,13-14H2,1H3,(H,27,30,32)/b19-10+. The monoisotopic (exact) mass is 569 g/mol. The summed E-state index contributed by atoms with van der Waals surface area (Å²) in [6.07, 6.45) is 2.76. The zero-order valence-electron chi connectivity index (χ0n) is 19.4. The number of amides is 4. The van der Waals surface area contributed by atoms with Gasteiger partial charge in [-0.15, -0.1) is 0 Å². The van der Waals surface area contributed by atoms with Gasteiger partial charge in [0.2, 0.25) is 0 Å². The number of nitrogens with one attached hydrogen (secondary N) is 1. The van der Waals surface area contributed by atoms with Crippen molar-refractivity contribution in [1.29, 1.82) is 0 Å². The molecule has 0 atom stereocenters. The summed E-state index contributed by atoms with van der Waals surface area (Å²) in [5.41, 5.74) is 0.720. The number of hydrogen-bond donors (Lipinski definition) is 1. The second kappa shape index (κ2) is 11.1. The maximum Gasteiger partial charge on any atom is 0.331 e. The quantitative estimate of drug-likeness (QED) is 0.171. The van der Waals surface area contributed by atoms with E-state index in [2.05, 4.69) is 21.2 Å². The number of carbonyl (C=O) groups excluding carboxylic acids is 3. The topological polar surface area (TPSA) is 141 Å². The number of halogens is 1. The number of ether oxygens (including phenoxy) is 2. The Bertz CT molecular complexity index is 1400. The lowest BCUT2D eigenvalue weighted by Gasteiger charge is -2.25. The van der Waals surface area contributed by atoms with E-state index in [4.69, 9.17) is 13.9 Å². The molecule has 0 spiro atoms. The van der Waals surface area contributed by atoms with Crippen LogP contribution in [0, 0.1) is 10.1 Å². The molecule has 1 saturated heterocycles. The fourth-order valence-electron chi connectivity index (χ4n) is 3.55. The average Bonchev–Trinajstić information content (AvgIpc) is 3.37. The maximum atomic E-state index is 13.0. The Morgan fingerprint density at radius 1 is 1.14 bits per heavy atom. The number of non-ortho nitro benzene ring substituents is 1. The summed E-state index contributed by atoms with van der Waals surface area (Å²) in [6.45, 7) is 1.97. The van der Waals surface area contributed by atoms with Crippen LogP contribution in [0.2, 0.25) is 0 Å². The number of barbiturate groups is 1. The van der Waals surface area contributed by atoms with Gasteiger partial charge in [0.05, 0.1) is 28.8 Å². The van der Waals surface area contributed by atoms with Gasteiger partial charge in [-0.05, 0) is 64.3 Å². The molecule has 12 heteroatoms. The largest absolute Gasteiger partial charge is 0.490 e. The third-order valence-electron chi connectivity index (χ3n) is 5.23. The Hall–Kier alpha value is -4.45. The lowest BCUT2D eigenvalue weighted by Crippen LogP contribution is -2.53. The van der Waals surface area contributed by atoms with E-state index in [9.17, 15) is 24.5 Å². The fraction of sp³-hybridized carbons (Fsp3) is 0.160. The molecule has 190 valence electrons. The van der Waals surface area contributed by atoms with Crippen LogP contribution in [0.5, 0.6) is 11.5 Å². The summed E-state index contributed by atoms with van der Waals surface area (Å²) in [5.74, 6) is -0.564. The molecule has 1 N–H and O–H groups in total. The Kier molecular flexibility index (Phi) is 7.68. The minimum atomic E-state index is -0.843. The van der Waals surface area contributed by atoms with Gasteiger partial charge < -0.3 is 13.9 Å². The molecule has 11 nitrogen and oxygen atoms in total. The van der Waals surface area contributed by atoms with Crippen molar-refractivity contribution in [3.8, 4) is 11.5 Å². The Labute approximate surface area is 218 Å². The smallest absolute Gasteiger partial charge is 0.331 e. The van der Waals surface area contributed by atoms with Crippen LogP contribution in [0.1, 0.15) is 23.8 Å². The van der Waals surface area contributed by atoms with Crippen molar-refractivity contribution in [2.75, 3.05) is 6.61 Å². The molecule has 0 unspecified atom stereocenters. The van der Waals surface area contributed by atoms with Crippen molar-refractivity contribution in [1.82, 2.24) is 10.2 Å². The molecule has 0 radical (unpaired) electrons. The first kappa shape index (κ1) is 25.6. The van der Waals surface area contributed by atoms with Gasteiger partial charge >= 0.3 is 6.03 Å². The second-order valence-electron chi connectivity index (χ2n) is 7.77. The molecule has 0 saturated carbocycles. The highest BCUT2D eigenvalue weighted by molar-refractivity contribution is 9.10. The van der Waals surface area contributed by atoms with E-state index in [1.165, 1.54) is 24.5 Å². The predicted octanol–water partition coefficient (Wildman–Crippen LogP) is 4.59. The maximum absolute atomic E-state index is 13.0. The van der Waals surface area contributed by atoms with Crippen molar-refractivity contribution < 1.29 is 33.2 Å². The lowest BCUT2D eigenvalue weighted by atomic mass is 10.1. The van der Waals surface area contributed by atoms with E-state index in [1.54, 1.807) is 43.3 Å². The number of nitro groups is 1. The normalized spacial score (nSPS) is 14.6. The predicted molar refractivity (Wildman–Crippen MR) is 134 cm³/mol. The molecule has 0 aliphatic carbocycles. The molecule has 4 amide bonds. The molecular weight excluding hydrogens is 550 g/mol. The molecule has 2 aromatic carbocycles. The average molecular weight is 570 g/mol. The number of carbonyl (C=O) groups is 3. The third-order valence-corrected chi connectivity index (χ3v) is 5.82. The number of furan rings is 1. The van der Waals surface area contributed by atoms with E-state index in [0.717, 1.165) is 4.90 Å². The van der Waals surface area contributed by atoms with E-state index in [-0.39, 0.29) is 24.4 Å². The number of imide groups is 2. The van der Waals surface area contributed by atoms with E-state index in [1.807, 2.05) is 0 Å².